The van der Waals surface area contributed by atoms with E-state index in [0.717, 1.165) is 43.4 Å². The van der Waals surface area contributed by atoms with Crippen LogP contribution in [0.15, 0.2) is 53.5 Å². The number of halogens is 2. The lowest BCUT2D eigenvalue weighted by molar-refractivity contribution is 0.510. The van der Waals surface area contributed by atoms with Gasteiger partial charge in [-0.25, -0.2) is 9.18 Å². The minimum Gasteiger partial charge on any atom is -0.373 e. The van der Waals surface area contributed by atoms with Gasteiger partial charge < -0.3 is 21.4 Å². The van der Waals surface area contributed by atoms with Crippen LogP contribution in [0.25, 0.3) is 28.0 Å². The van der Waals surface area contributed by atoms with Crippen molar-refractivity contribution in [1.29, 1.82) is 5.41 Å². The molecule has 42 heavy (non-hydrogen) atoms. The fourth-order valence-electron chi connectivity index (χ4n) is 4.74. The number of aryl methyl sites for hydroxylation is 1. The predicted octanol–water partition coefficient (Wildman–Crippen LogP) is 5.64. The third kappa shape index (κ3) is 8.44. The molecule has 0 radical (unpaired) electrons. The number of rotatable bonds is 14. The van der Waals surface area contributed by atoms with E-state index >= 15 is 4.39 Å². The lowest BCUT2D eigenvalue weighted by Gasteiger charge is -2.15. The molecule has 0 amide bonds. The van der Waals surface area contributed by atoms with E-state index in [4.69, 9.17) is 22.7 Å². The molecule has 0 saturated heterocycles. The van der Waals surface area contributed by atoms with E-state index < -0.39 is 11.5 Å². The highest BCUT2D eigenvalue weighted by Gasteiger charge is 2.16. The summed E-state index contributed by atoms with van der Waals surface area (Å²) in [4.78, 5) is 20.2. The first-order valence-electron chi connectivity index (χ1n) is 14.1. The highest BCUT2D eigenvalue weighted by molar-refractivity contribution is 7.99. The third-order valence-corrected chi connectivity index (χ3v) is 7.94. The first-order chi connectivity index (χ1) is 20.1. The summed E-state index contributed by atoms with van der Waals surface area (Å²) in [5.74, 6) is 0.736. The highest BCUT2D eigenvalue weighted by Crippen LogP contribution is 2.31. The van der Waals surface area contributed by atoms with Crippen LogP contribution in [-0.4, -0.2) is 51.0 Å². The summed E-state index contributed by atoms with van der Waals surface area (Å²) in [7, 11) is 0. The molecule has 0 aliphatic heterocycles. The first kappa shape index (κ1) is 31.7. The molecule has 0 saturated carbocycles. The molecule has 1 unspecified atom stereocenters. The first-order valence-corrected chi connectivity index (χ1v) is 15.9. The zero-order chi connectivity index (χ0) is 30.2. The standard InChI is InChI=1S/C31H39ClFN7OS/c1-19(34)5-4-6-22-13-25(29(33)26(32)14-22)27-15-23-17-40(31(41)39-30(23)38-27)24-9-7-21(8-10-24)16-37-20(2)11-12-36-28(35)18-42-3/h7-10,13-15,17,19-20,37H,4-6,11-12,16,18,34H2,1-3H3,(H2,35,36)(H,38,39,41)/t19-,20?/m0/s1. The molecule has 8 nitrogen and oxygen atoms in total. The quantitative estimate of drug-likeness (QED) is 0.0928. The summed E-state index contributed by atoms with van der Waals surface area (Å²) in [6.45, 7) is 5.53. The number of aromatic amines is 1. The van der Waals surface area contributed by atoms with Crippen molar-refractivity contribution >= 4 is 40.2 Å². The van der Waals surface area contributed by atoms with Crippen LogP contribution in [-0.2, 0) is 13.0 Å². The van der Waals surface area contributed by atoms with Gasteiger partial charge in [0.25, 0.3) is 0 Å². The molecular weight excluding hydrogens is 573 g/mol. The number of benzene rings is 2. The fraction of sp³-hybridized carbons (Fsp3) is 0.387. The molecule has 0 fully saturated rings. The Balaban J connectivity index is 1.45. The number of amidine groups is 1. The van der Waals surface area contributed by atoms with Crippen LogP contribution in [0.4, 0.5) is 4.39 Å². The lowest BCUT2D eigenvalue weighted by Crippen LogP contribution is -2.32. The maximum Gasteiger partial charge on any atom is 0.354 e. The van der Waals surface area contributed by atoms with Crippen LogP contribution >= 0.6 is 23.4 Å². The van der Waals surface area contributed by atoms with Gasteiger partial charge in [-0.2, -0.15) is 16.7 Å². The minimum absolute atomic E-state index is 0.0572. The van der Waals surface area contributed by atoms with Gasteiger partial charge in [0, 0.05) is 42.3 Å². The number of hydrogen-bond acceptors (Lipinski definition) is 6. The number of H-pyrrole nitrogens is 1. The maximum atomic E-state index is 15.1. The van der Waals surface area contributed by atoms with Gasteiger partial charge in [-0.1, -0.05) is 23.7 Å². The zero-order valence-corrected chi connectivity index (χ0v) is 25.8. The Bertz CT molecular complexity index is 1570. The summed E-state index contributed by atoms with van der Waals surface area (Å²) in [5.41, 5.74) is 9.38. The maximum absolute atomic E-state index is 15.1. The summed E-state index contributed by atoms with van der Waals surface area (Å²) >= 11 is 7.87. The molecule has 6 N–H and O–H groups in total. The summed E-state index contributed by atoms with van der Waals surface area (Å²) in [5, 5.41) is 15.2. The van der Waals surface area contributed by atoms with E-state index in [1.165, 1.54) is 4.57 Å². The van der Waals surface area contributed by atoms with Crippen LogP contribution in [0.2, 0.25) is 5.02 Å². The average molecular weight is 612 g/mol. The highest BCUT2D eigenvalue weighted by atomic mass is 35.5. The van der Waals surface area contributed by atoms with Crippen molar-refractivity contribution in [3.63, 3.8) is 0 Å². The van der Waals surface area contributed by atoms with Gasteiger partial charge in [-0.05, 0) is 87.2 Å². The molecule has 4 aromatic rings. The number of fused-ring (bicyclic) bond motifs is 1. The second-order valence-electron chi connectivity index (χ2n) is 10.8. The Morgan fingerprint density at radius 1 is 1.19 bits per heavy atom. The minimum atomic E-state index is -0.515. The fourth-order valence-corrected chi connectivity index (χ4v) is 5.37. The molecule has 2 aromatic carbocycles. The molecule has 0 spiro atoms. The molecule has 2 aromatic heterocycles. The van der Waals surface area contributed by atoms with E-state index in [9.17, 15) is 4.79 Å². The van der Waals surface area contributed by atoms with E-state index in [2.05, 4.69) is 27.5 Å². The Morgan fingerprint density at radius 2 is 1.95 bits per heavy atom. The molecule has 224 valence electrons. The van der Waals surface area contributed by atoms with Crippen LogP contribution in [0.3, 0.4) is 0 Å². The van der Waals surface area contributed by atoms with Crippen molar-refractivity contribution in [2.24, 2.45) is 5.73 Å². The number of thioether (sulfide) groups is 1. The lowest BCUT2D eigenvalue weighted by atomic mass is 10.0. The number of nitrogens with two attached hydrogens (primary N) is 1. The van der Waals surface area contributed by atoms with Gasteiger partial charge in [0.1, 0.15) is 11.5 Å². The molecular formula is C31H39ClFN7OS. The van der Waals surface area contributed by atoms with Crippen molar-refractivity contribution in [3.05, 3.63) is 81.1 Å². The van der Waals surface area contributed by atoms with Crippen molar-refractivity contribution in [3.8, 4) is 16.9 Å². The van der Waals surface area contributed by atoms with Gasteiger partial charge in [-0.3, -0.25) is 9.98 Å². The second kappa shape index (κ2) is 14.8. The largest absolute Gasteiger partial charge is 0.373 e. The SMILES string of the molecule is CSCC(=N)NCCC(C)NCc1ccc(-n2cc3cc(-c4cc(CCC[C@H](C)N)cc(Cl)c4F)[nH]c3nc2=O)cc1. The number of nitrogens with zero attached hydrogens (tertiary/aromatic N) is 2. The van der Waals surface area contributed by atoms with Crippen LogP contribution in [0.1, 0.15) is 44.2 Å². The Labute approximate surface area is 255 Å². The number of nitrogens with one attached hydrogen (secondary N) is 4. The van der Waals surface area contributed by atoms with Crippen molar-refractivity contribution in [2.45, 2.75) is 58.2 Å². The van der Waals surface area contributed by atoms with E-state index in [1.807, 2.05) is 37.4 Å². The smallest absolute Gasteiger partial charge is 0.354 e. The van der Waals surface area contributed by atoms with E-state index in [-0.39, 0.29) is 17.1 Å². The monoisotopic (exact) mass is 611 g/mol. The Hall–Kier alpha value is -3.18. The summed E-state index contributed by atoms with van der Waals surface area (Å²) in [6.07, 6.45) is 7.09. The average Bonchev–Trinajstić information content (AvgIpc) is 3.36. The van der Waals surface area contributed by atoms with Gasteiger partial charge in [-0.15, -0.1) is 0 Å². The molecule has 2 atom stereocenters. The van der Waals surface area contributed by atoms with Gasteiger partial charge in [0.2, 0.25) is 0 Å². The van der Waals surface area contributed by atoms with Crippen molar-refractivity contribution in [2.75, 3.05) is 18.6 Å². The topological polar surface area (TPSA) is 125 Å². The molecule has 11 heteroatoms. The van der Waals surface area contributed by atoms with Gasteiger partial charge in [0.15, 0.2) is 5.82 Å². The number of hydrogen-bond donors (Lipinski definition) is 5. The summed E-state index contributed by atoms with van der Waals surface area (Å²) in [6, 6.07) is 13.4. The van der Waals surface area contributed by atoms with Gasteiger partial charge >= 0.3 is 5.69 Å². The third-order valence-electron chi connectivity index (χ3n) is 7.08. The van der Waals surface area contributed by atoms with E-state index in [1.54, 1.807) is 36.2 Å². The number of aromatic nitrogens is 3. The Morgan fingerprint density at radius 3 is 2.67 bits per heavy atom. The molecule has 0 aliphatic carbocycles. The van der Waals surface area contributed by atoms with Crippen molar-refractivity contribution in [1.82, 2.24) is 25.2 Å². The second-order valence-corrected chi connectivity index (χ2v) is 12.0. The van der Waals surface area contributed by atoms with Crippen LogP contribution in [0.5, 0.6) is 0 Å². The molecule has 0 aliphatic rings. The van der Waals surface area contributed by atoms with Gasteiger partial charge in [0.05, 0.1) is 22.2 Å². The molecule has 4 rings (SSSR count). The molecule has 0 bridgehead atoms. The van der Waals surface area contributed by atoms with Crippen LogP contribution < -0.4 is 22.1 Å². The zero-order valence-electron chi connectivity index (χ0n) is 24.3. The summed E-state index contributed by atoms with van der Waals surface area (Å²) < 4.78 is 16.6. The normalized spacial score (nSPS) is 12.9. The Kier molecular flexibility index (Phi) is 11.2. The molecule has 2 heterocycles. The van der Waals surface area contributed by atoms with Crippen LogP contribution in [0, 0.1) is 11.2 Å². The van der Waals surface area contributed by atoms with E-state index in [0.29, 0.717) is 46.1 Å². The van der Waals surface area contributed by atoms with Crippen molar-refractivity contribution < 1.29 is 4.39 Å². The predicted molar refractivity (Wildman–Crippen MR) is 174 cm³/mol.